The van der Waals surface area contributed by atoms with E-state index in [1.807, 2.05) is 6.07 Å². The van der Waals surface area contributed by atoms with Crippen LogP contribution in [0.15, 0.2) is 54.6 Å². The lowest BCUT2D eigenvalue weighted by atomic mass is 10.1. The number of hydrogen-bond acceptors (Lipinski definition) is 5. The van der Waals surface area contributed by atoms with E-state index < -0.39 is 12.1 Å². The monoisotopic (exact) mass is 353 g/mol. The van der Waals surface area contributed by atoms with Crippen molar-refractivity contribution in [2.75, 3.05) is 20.9 Å². The van der Waals surface area contributed by atoms with Gasteiger partial charge >= 0.3 is 5.97 Å². The molecule has 0 N–H and O–H groups in total. The number of nitrogens with zero attached hydrogens (tertiary/aromatic N) is 1. The fourth-order valence-electron chi connectivity index (χ4n) is 2.46. The number of likely N-dealkylation sites (N-methyl/N-ethyl adjacent to an activating group) is 1. The van der Waals surface area contributed by atoms with E-state index in [1.54, 1.807) is 62.6 Å². The van der Waals surface area contributed by atoms with E-state index in [4.69, 9.17) is 14.2 Å². The van der Waals surface area contributed by atoms with E-state index in [9.17, 15) is 9.59 Å². The number of ether oxygens (including phenoxy) is 3. The zero-order valence-electron chi connectivity index (χ0n) is 14.5. The molecule has 0 radical (unpaired) electrons. The summed E-state index contributed by atoms with van der Waals surface area (Å²) >= 11 is 0. The molecule has 134 valence electrons. The van der Waals surface area contributed by atoms with Crippen molar-refractivity contribution >= 4 is 18.0 Å². The number of fused-ring (bicyclic) bond motifs is 1. The van der Waals surface area contributed by atoms with Crippen LogP contribution in [0.1, 0.15) is 17.2 Å². The van der Waals surface area contributed by atoms with Crippen molar-refractivity contribution < 1.29 is 23.8 Å². The van der Waals surface area contributed by atoms with Gasteiger partial charge in [-0.05, 0) is 23.8 Å². The number of hydrogen-bond donors (Lipinski definition) is 0. The lowest BCUT2D eigenvalue weighted by Gasteiger charge is -2.20. The molecule has 0 aromatic heterocycles. The maximum Gasteiger partial charge on any atom is 0.331 e. The lowest BCUT2D eigenvalue weighted by molar-refractivity contribution is -0.155. The highest BCUT2D eigenvalue weighted by molar-refractivity contribution is 5.91. The Hall–Kier alpha value is -3.28. The van der Waals surface area contributed by atoms with Crippen LogP contribution in [0.25, 0.3) is 6.08 Å². The minimum Gasteiger partial charge on any atom is -0.454 e. The van der Waals surface area contributed by atoms with Gasteiger partial charge in [-0.2, -0.15) is 0 Å². The van der Waals surface area contributed by atoms with Crippen LogP contribution in [0.3, 0.4) is 0 Å². The van der Waals surface area contributed by atoms with Crippen molar-refractivity contribution in [2.45, 2.75) is 6.10 Å². The molecule has 0 aliphatic carbocycles. The second-order valence-electron chi connectivity index (χ2n) is 5.91. The Kier molecular flexibility index (Phi) is 5.22. The molecule has 0 bridgehead atoms. The van der Waals surface area contributed by atoms with E-state index in [2.05, 4.69) is 0 Å². The van der Waals surface area contributed by atoms with Gasteiger partial charge < -0.3 is 19.1 Å². The molecule has 0 unspecified atom stereocenters. The molecule has 2 aromatic carbocycles. The molecule has 1 heterocycles. The summed E-state index contributed by atoms with van der Waals surface area (Å²) in [4.78, 5) is 26.0. The summed E-state index contributed by atoms with van der Waals surface area (Å²) in [5.41, 5.74) is 1.39. The van der Waals surface area contributed by atoms with Gasteiger partial charge in [-0.3, -0.25) is 4.79 Å². The van der Waals surface area contributed by atoms with Crippen molar-refractivity contribution in [1.82, 2.24) is 4.90 Å². The fraction of sp³-hybridized carbons (Fsp3) is 0.200. The first-order valence-corrected chi connectivity index (χ1v) is 8.09. The first-order valence-electron chi connectivity index (χ1n) is 8.09. The predicted molar refractivity (Wildman–Crippen MR) is 95.6 cm³/mol. The fourth-order valence-corrected chi connectivity index (χ4v) is 2.46. The molecule has 6 heteroatoms. The molecule has 0 saturated heterocycles. The minimum absolute atomic E-state index is 0.190. The zero-order valence-corrected chi connectivity index (χ0v) is 14.5. The summed E-state index contributed by atoms with van der Waals surface area (Å²) in [6, 6.07) is 14.3. The van der Waals surface area contributed by atoms with E-state index in [0.29, 0.717) is 17.1 Å². The number of carbonyl (C=O) groups excluding carboxylic acids is 2. The van der Waals surface area contributed by atoms with Crippen LogP contribution in [0.5, 0.6) is 11.5 Å². The van der Waals surface area contributed by atoms with E-state index in [-0.39, 0.29) is 12.7 Å². The highest BCUT2D eigenvalue weighted by Gasteiger charge is 2.25. The third-order valence-electron chi connectivity index (χ3n) is 3.81. The molecule has 26 heavy (non-hydrogen) atoms. The summed E-state index contributed by atoms with van der Waals surface area (Å²) < 4.78 is 16.0. The largest absolute Gasteiger partial charge is 0.454 e. The van der Waals surface area contributed by atoms with Gasteiger partial charge in [0, 0.05) is 25.7 Å². The third-order valence-corrected chi connectivity index (χ3v) is 3.81. The molecule has 3 rings (SSSR count). The molecule has 0 spiro atoms. The summed E-state index contributed by atoms with van der Waals surface area (Å²) in [6.07, 6.45) is 1.91. The van der Waals surface area contributed by atoms with Gasteiger partial charge in [0.1, 0.15) is 0 Å². The predicted octanol–water partition coefficient (Wildman–Crippen LogP) is 2.80. The highest BCUT2D eigenvalue weighted by Crippen LogP contribution is 2.32. The Balaban J connectivity index is 1.72. The number of rotatable bonds is 5. The molecule has 0 saturated carbocycles. The maximum absolute atomic E-state index is 12.4. The highest BCUT2D eigenvalue weighted by atomic mass is 16.7. The summed E-state index contributed by atoms with van der Waals surface area (Å²) in [6.45, 7) is 0.190. The zero-order chi connectivity index (χ0) is 18.5. The standard InChI is InChI=1S/C20H19NO5/c1-21(2)20(23)19(15-6-4-3-5-7-15)26-18(22)11-9-14-8-10-16-17(12-14)25-13-24-16/h3-12,19H,13H2,1-2H3/b11-9+/t19-/m0/s1. The average Bonchev–Trinajstić information content (AvgIpc) is 3.12. The maximum atomic E-state index is 12.4. The Morgan fingerprint density at radius 1 is 1.08 bits per heavy atom. The van der Waals surface area contributed by atoms with Crippen LogP contribution in [0, 0.1) is 0 Å². The van der Waals surface area contributed by atoms with Crippen molar-refractivity contribution in [3.63, 3.8) is 0 Å². The molecule has 1 amide bonds. The Morgan fingerprint density at radius 2 is 1.81 bits per heavy atom. The van der Waals surface area contributed by atoms with Crippen molar-refractivity contribution in [1.29, 1.82) is 0 Å². The topological polar surface area (TPSA) is 65.1 Å². The smallest absolute Gasteiger partial charge is 0.331 e. The van der Waals surface area contributed by atoms with Crippen LogP contribution in [0.4, 0.5) is 0 Å². The Bertz CT molecular complexity index is 829. The van der Waals surface area contributed by atoms with Crippen LogP contribution in [0.2, 0.25) is 0 Å². The van der Waals surface area contributed by atoms with Gasteiger partial charge in [0.05, 0.1) is 0 Å². The molecule has 6 nitrogen and oxygen atoms in total. The molecule has 1 aliphatic heterocycles. The van der Waals surface area contributed by atoms with E-state index >= 15 is 0 Å². The quantitative estimate of drug-likeness (QED) is 0.611. The number of benzene rings is 2. The van der Waals surface area contributed by atoms with Gasteiger partial charge in [-0.15, -0.1) is 0 Å². The van der Waals surface area contributed by atoms with E-state index in [1.165, 1.54) is 11.0 Å². The average molecular weight is 353 g/mol. The molecule has 0 fully saturated rings. The second-order valence-corrected chi connectivity index (χ2v) is 5.91. The summed E-state index contributed by atoms with van der Waals surface area (Å²) in [5, 5.41) is 0. The molecular formula is C20H19NO5. The number of amides is 1. The van der Waals surface area contributed by atoms with Crippen LogP contribution < -0.4 is 9.47 Å². The van der Waals surface area contributed by atoms with Crippen molar-refractivity contribution in [2.24, 2.45) is 0 Å². The van der Waals surface area contributed by atoms with Crippen LogP contribution in [-0.2, 0) is 14.3 Å². The number of carbonyl (C=O) groups is 2. The van der Waals surface area contributed by atoms with Crippen molar-refractivity contribution in [3.8, 4) is 11.5 Å². The Morgan fingerprint density at radius 3 is 2.54 bits per heavy atom. The SMILES string of the molecule is CN(C)C(=O)[C@@H](OC(=O)/C=C/c1ccc2c(c1)OCO2)c1ccccc1. The van der Waals surface area contributed by atoms with Crippen LogP contribution >= 0.6 is 0 Å². The summed E-state index contributed by atoms with van der Waals surface area (Å²) in [7, 11) is 3.24. The second kappa shape index (κ2) is 7.74. The Labute approximate surface area is 151 Å². The molecular weight excluding hydrogens is 334 g/mol. The molecule has 2 aromatic rings. The van der Waals surface area contributed by atoms with Crippen LogP contribution in [-0.4, -0.2) is 37.7 Å². The third kappa shape index (κ3) is 4.03. The van der Waals surface area contributed by atoms with Gasteiger partial charge in [-0.25, -0.2) is 4.79 Å². The van der Waals surface area contributed by atoms with E-state index in [0.717, 1.165) is 5.56 Å². The normalized spacial score (nSPS) is 13.5. The first kappa shape index (κ1) is 17.5. The summed E-state index contributed by atoms with van der Waals surface area (Å²) in [5.74, 6) is 0.392. The molecule has 1 atom stereocenters. The number of esters is 1. The first-order chi connectivity index (χ1) is 12.5. The van der Waals surface area contributed by atoms with Gasteiger partial charge in [0.15, 0.2) is 11.5 Å². The molecule has 1 aliphatic rings. The van der Waals surface area contributed by atoms with Gasteiger partial charge in [0.2, 0.25) is 12.9 Å². The lowest BCUT2D eigenvalue weighted by Crippen LogP contribution is -2.30. The van der Waals surface area contributed by atoms with Gasteiger partial charge in [-0.1, -0.05) is 36.4 Å². The minimum atomic E-state index is -0.986. The van der Waals surface area contributed by atoms with Gasteiger partial charge in [0.25, 0.3) is 5.91 Å². The van der Waals surface area contributed by atoms with Crippen molar-refractivity contribution in [3.05, 3.63) is 65.7 Å².